The predicted octanol–water partition coefficient (Wildman–Crippen LogP) is 1.48. The second-order valence-corrected chi connectivity index (χ2v) is 9.13. The molecule has 10 nitrogen and oxygen atoms in total. The van der Waals surface area contributed by atoms with E-state index >= 15 is 0 Å². The van der Waals surface area contributed by atoms with Gasteiger partial charge in [0.2, 0.25) is 10.0 Å². The molecular formula is C22H25FN2O8S. The molecule has 0 atom stereocenters. The van der Waals surface area contributed by atoms with Gasteiger partial charge >= 0.3 is 5.97 Å². The first kappa shape index (κ1) is 25.2. The van der Waals surface area contributed by atoms with Gasteiger partial charge in [-0.25, -0.2) is 12.8 Å². The van der Waals surface area contributed by atoms with E-state index < -0.39 is 40.9 Å². The molecule has 0 spiro atoms. The van der Waals surface area contributed by atoms with Gasteiger partial charge in [-0.3, -0.25) is 9.59 Å². The lowest BCUT2D eigenvalue weighted by Gasteiger charge is -2.17. The van der Waals surface area contributed by atoms with Gasteiger partial charge in [0, 0.05) is 26.1 Å². The Morgan fingerprint density at radius 2 is 1.85 bits per heavy atom. The van der Waals surface area contributed by atoms with Gasteiger partial charge in [-0.15, -0.1) is 0 Å². The molecule has 0 bridgehead atoms. The summed E-state index contributed by atoms with van der Waals surface area (Å²) < 4.78 is 61.6. The number of sulfonamides is 1. The zero-order valence-corrected chi connectivity index (χ0v) is 19.5. The van der Waals surface area contributed by atoms with Crippen LogP contribution in [-0.2, 0) is 30.9 Å². The number of carbonyl (C=O) groups excluding carboxylic acids is 2. The molecule has 1 aliphatic rings. The fourth-order valence-electron chi connectivity index (χ4n) is 3.02. The molecule has 0 unspecified atom stereocenters. The third-order valence-corrected chi connectivity index (χ3v) is 6.25. The summed E-state index contributed by atoms with van der Waals surface area (Å²) in [4.78, 5) is 25.3. The number of carbonyl (C=O) groups is 2. The van der Waals surface area contributed by atoms with E-state index in [0.717, 1.165) is 0 Å². The Bertz CT molecular complexity index is 1160. The minimum Gasteiger partial charge on any atom is -0.494 e. The van der Waals surface area contributed by atoms with Crippen LogP contribution in [0.1, 0.15) is 12.0 Å². The van der Waals surface area contributed by atoms with Gasteiger partial charge in [-0.1, -0.05) is 6.07 Å². The smallest absolute Gasteiger partial charge is 0.321 e. The average molecular weight is 497 g/mol. The first-order valence-corrected chi connectivity index (χ1v) is 11.8. The van der Waals surface area contributed by atoms with Crippen LogP contribution in [0, 0.1) is 5.82 Å². The first-order chi connectivity index (χ1) is 16.2. The van der Waals surface area contributed by atoms with Gasteiger partial charge in [-0.2, -0.15) is 4.72 Å². The number of ether oxygens (including phenoxy) is 4. The quantitative estimate of drug-likeness (QED) is 0.519. The number of esters is 1. The highest BCUT2D eigenvalue weighted by Gasteiger charge is 2.21. The van der Waals surface area contributed by atoms with Crippen LogP contribution in [0.15, 0.2) is 41.3 Å². The van der Waals surface area contributed by atoms with Crippen LogP contribution in [0.2, 0.25) is 0 Å². The molecule has 1 heterocycles. The molecule has 0 aliphatic carbocycles. The minimum absolute atomic E-state index is 0.0774. The van der Waals surface area contributed by atoms with Crippen molar-refractivity contribution in [2.24, 2.45) is 0 Å². The molecule has 0 radical (unpaired) electrons. The number of nitrogens with one attached hydrogen (secondary N) is 1. The Morgan fingerprint density at radius 3 is 2.56 bits per heavy atom. The number of likely N-dealkylation sites (N-methyl/N-ethyl adjacent to an activating group) is 1. The Labute approximate surface area is 196 Å². The molecule has 1 aliphatic heterocycles. The van der Waals surface area contributed by atoms with Crippen LogP contribution in [0.25, 0.3) is 0 Å². The van der Waals surface area contributed by atoms with Crippen molar-refractivity contribution in [3.05, 3.63) is 47.8 Å². The fourth-order valence-corrected chi connectivity index (χ4v) is 4.01. The molecule has 1 N–H and O–H groups in total. The number of halogens is 1. The summed E-state index contributed by atoms with van der Waals surface area (Å²) >= 11 is 0. The van der Waals surface area contributed by atoms with Crippen molar-refractivity contribution >= 4 is 21.9 Å². The lowest BCUT2D eigenvalue weighted by molar-refractivity contribution is -0.150. The molecular weight excluding hydrogens is 471 g/mol. The molecule has 0 aromatic heterocycles. The maximum Gasteiger partial charge on any atom is 0.321 e. The van der Waals surface area contributed by atoms with E-state index in [2.05, 4.69) is 4.72 Å². The average Bonchev–Trinajstić information content (AvgIpc) is 3.06. The van der Waals surface area contributed by atoms with Crippen LogP contribution in [0.5, 0.6) is 17.2 Å². The molecule has 34 heavy (non-hydrogen) atoms. The largest absolute Gasteiger partial charge is 0.494 e. The van der Waals surface area contributed by atoms with Crippen molar-refractivity contribution in [2.75, 3.05) is 40.5 Å². The number of rotatable bonds is 9. The van der Waals surface area contributed by atoms with E-state index in [1.807, 2.05) is 0 Å². The number of nitrogens with zero attached hydrogens (tertiary/aromatic N) is 1. The molecule has 0 saturated heterocycles. The van der Waals surface area contributed by atoms with Crippen molar-refractivity contribution in [3.63, 3.8) is 0 Å². The van der Waals surface area contributed by atoms with E-state index in [0.29, 0.717) is 36.7 Å². The summed E-state index contributed by atoms with van der Waals surface area (Å²) in [6, 6.07) is 8.42. The van der Waals surface area contributed by atoms with Crippen LogP contribution < -0.4 is 18.9 Å². The number of methoxy groups -OCH3 is 1. The fraction of sp³-hybridized carbons (Fsp3) is 0.364. The molecule has 12 heteroatoms. The van der Waals surface area contributed by atoms with Gasteiger partial charge in [0.15, 0.2) is 29.7 Å². The number of benzene rings is 2. The normalized spacial score (nSPS) is 13.0. The molecule has 2 aromatic rings. The topological polar surface area (TPSA) is 120 Å². The Hall–Kier alpha value is -3.38. The summed E-state index contributed by atoms with van der Waals surface area (Å²) in [6.45, 7) is -0.328. The van der Waals surface area contributed by atoms with Crippen LogP contribution >= 0.6 is 0 Å². The third-order valence-electron chi connectivity index (χ3n) is 4.85. The van der Waals surface area contributed by atoms with Gasteiger partial charge in [0.25, 0.3) is 5.91 Å². The summed E-state index contributed by atoms with van der Waals surface area (Å²) in [6.07, 6.45) is 0.672. The highest BCUT2D eigenvalue weighted by molar-refractivity contribution is 7.89. The number of fused-ring (bicyclic) bond motifs is 1. The summed E-state index contributed by atoms with van der Waals surface area (Å²) in [7, 11) is -1.22. The predicted molar refractivity (Wildman–Crippen MR) is 118 cm³/mol. The molecule has 3 rings (SSSR count). The van der Waals surface area contributed by atoms with Crippen molar-refractivity contribution in [2.45, 2.75) is 17.9 Å². The second kappa shape index (κ2) is 11.2. The standard InChI is InChI=1S/C22H25FN2O8S/c1-25(13-15-4-6-18(30-2)17(23)10-15)21(26)14-33-22(27)12-24-34(28,29)16-5-7-19-20(11-16)32-9-3-8-31-19/h4-7,10-11,24H,3,8-9,12-14H2,1-2H3. The number of hydrogen-bond acceptors (Lipinski definition) is 8. The van der Waals surface area contributed by atoms with Crippen molar-refractivity contribution in [3.8, 4) is 17.2 Å². The zero-order chi connectivity index (χ0) is 24.7. The molecule has 0 saturated carbocycles. The van der Waals surface area contributed by atoms with Gasteiger partial charge in [0.1, 0.15) is 6.54 Å². The van der Waals surface area contributed by atoms with E-state index in [1.165, 1.54) is 49.4 Å². The van der Waals surface area contributed by atoms with Crippen LogP contribution in [0.3, 0.4) is 0 Å². The van der Waals surface area contributed by atoms with Gasteiger partial charge < -0.3 is 23.8 Å². The maximum absolute atomic E-state index is 13.8. The highest BCUT2D eigenvalue weighted by Crippen LogP contribution is 2.31. The van der Waals surface area contributed by atoms with Gasteiger partial charge in [0.05, 0.1) is 25.2 Å². The zero-order valence-electron chi connectivity index (χ0n) is 18.7. The second-order valence-electron chi connectivity index (χ2n) is 7.36. The van der Waals surface area contributed by atoms with E-state index in [4.69, 9.17) is 18.9 Å². The number of amides is 1. The summed E-state index contributed by atoms with van der Waals surface area (Å²) in [5.74, 6) is -1.22. The van der Waals surface area contributed by atoms with Crippen LogP contribution in [0.4, 0.5) is 4.39 Å². The van der Waals surface area contributed by atoms with Crippen molar-refractivity contribution in [1.29, 1.82) is 0 Å². The summed E-state index contributed by atoms with van der Waals surface area (Å²) in [5.41, 5.74) is 0.517. The number of hydrogen-bond donors (Lipinski definition) is 1. The van der Waals surface area contributed by atoms with Crippen molar-refractivity contribution < 1.29 is 41.3 Å². The van der Waals surface area contributed by atoms with E-state index in [1.54, 1.807) is 6.07 Å². The molecule has 0 fully saturated rings. The third kappa shape index (κ3) is 6.58. The van der Waals surface area contributed by atoms with Gasteiger partial charge in [-0.05, 0) is 29.8 Å². The Balaban J connectivity index is 1.48. The maximum atomic E-state index is 13.8. The van der Waals surface area contributed by atoms with Crippen LogP contribution in [-0.4, -0.2) is 65.7 Å². The molecule has 1 amide bonds. The minimum atomic E-state index is -4.03. The SMILES string of the molecule is COc1ccc(CN(C)C(=O)COC(=O)CNS(=O)(=O)c2ccc3c(c2)OCCCO3)cc1F. The monoisotopic (exact) mass is 496 g/mol. The van der Waals surface area contributed by atoms with E-state index in [-0.39, 0.29) is 17.2 Å². The van der Waals surface area contributed by atoms with Crippen molar-refractivity contribution in [1.82, 2.24) is 9.62 Å². The molecule has 2 aromatic carbocycles. The lowest BCUT2D eigenvalue weighted by atomic mass is 10.2. The lowest BCUT2D eigenvalue weighted by Crippen LogP contribution is -2.34. The Kier molecular flexibility index (Phi) is 8.29. The molecule has 184 valence electrons. The Morgan fingerprint density at radius 1 is 1.12 bits per heavy atom. The first-order valence-electron chi connectivity index (χ1n) is 10.3. The summed E-state index contributed by atoms with van der Waals surface area (Å²) in [5, 5.41) is 0. The van der Waals surface area contributed by atoms with E-state index in [9.17, 15) is 22.4 Å². The highest BCUT2D eigenvalue weighted by atomic mass is 32.2.